The van der Waals surface area contributed by atoms with Gasteiger partial charge in [-0.3, -0.25) is 4.79 Å². The van der Waals surface area contributed by atoms with Crippen LogP contribution < -0.4 is 9.47 Å². The van der Waals surface area contributed by atoms with Crippen molar-refractivity contribution < 1.29 is 9.36 Å². The lowest BCUT2D eigenvalue weighted by Crippen LogP contribution is -2.31. The van der Waals surface area contributed by atoms with Crippen molar-refractivity contribution in [1.82, 2.24) is 0 Å². The molecule has 5 heteroatoms. The first-order chi connectivity index (χ1) is 9.15. The molecule has 0 radical (unpaired) electrons. The number of anilines is 1. The number of aromatic nitrogens is 1. The van der Waals surface area contributed by atoms with Crippen molar-refractivity contribution in [1.29, 1.82) is 0 Å². The lowest BCUT2D eigenvalue weighted by molar-refractivity contribution is -0.673. The first kappa shape index (κ1) is 12.6. The molecule has 1 aliphatic heterocycles. The average molecular weight is 294 g/mol. The molecule has 19 heavy (non-hydrogen) atoms. The van der Waals surface area contributed by atoms with E-state index in [1.54, 1.807) is 35.6 Å². The molecule has 0 amide bonds. The molecule has 3 nitrogen and oxygen atoms in total. The number of carbonyl (C=O) groups is 1. The maximum Gasteiger partial charge on any atom is 0.336 e. The second kappa shape index (κ2) is 4.94. The molecule has 0 N–H and O–H groups in total. The molecular formula is C14H14ClN2OS+. The molecular weight excluding hydrogens is 280 g/mol. The van der Waals surface area contributed by atoms with Crippen molar-refractivity contribution in [3.8, 4) is 0 Å². The van der Waals surface area contributed by atoms with E-state index in [9.17, 15) is 4.79 Å². The van der Waals surface area contributed by atoms with Gasteiger partial charge in [-0.25, -0.2) is 9.47 Å². The number of aryl methyl sites for hydroxylation is 1. The summed E-state index contributed by atoms with van der Waals surface area (Å²) in [5, 5.41) is 3.97. The monoisotopic (exact) mass is 293 g/mol. The highest BCUT2D eigenvalue weighted by Crippen LogP contribution is 2.22. The summed E-state index contributed by atoms with van der Waals surface area (Å²) in [4.78, 5) is 14.4. The van der Waals surface area contributed by atoms with Crippen LogP contribution in [0.5, 0.6) is 0 Å². The fourth-order valence-electron chi connectivity index (χ4n) is 2.30. The van der Waals surface area contributed by atoms with Crippen molar-refractivity contribution in [3.63, 3.8) is 0 Å². The zero-order chi connectivity index (χ0) is 13.4. The smallest absolute Gasteiger partial charge is 0.290 e. The van der Waals surface area contributed by atoms with Crippen molar-refractivity contribution in [3.05, 3.63) is 45.9 Å². The van der Waals surface area contributed by atoms with Gasteiger partial charge in [0, 0.05) is 16.0 Å². The van der Waals surface area contributed by atoms with Crippen LogP contribution >= 0.6 is 22.9 Å². The number of fused-ring (bicyclic) bond motifs is 1. The number of hydrogen-bond donors (Lipinski definition) is 0. The zero-order valence-corrected chi connectivity index (χ0v) is 12.2. The third kappa shape index (κ3) is 2.38. The van der Waals surface area contributed by atoms with Crippen LogP contribution in [0.1, 0.15) is 16.1 Å². The third-order valence-corrected chi connectivity index (χ3v) is 4.76. The number of rotatable bonds is 3. The maximum absolute atomic E-state index is 12.2. The van der Waals surface area contributed by atoms with Crippen LogP contribution in [0.2, 0.25) is 5.02 Å². The van der Waals surface area contributed by atoms with Gasteiger partial charge in [0.25, 0.3) is 0 Å². The average Bonchev–Trinajstić information content (AvgIpc) is 2.95. The topological polar surface area (TPSA) is 24.2 Å². The van der Waals surface area contributed by atoms with Crippen LogP contribution in [0, 0.1) is 6.92 Å². The predicted molar refractivity (Wildman–Crippen MR) is 77.2 cm³/mol. The first-order valence-electron chi connectivity index (χ1n) is 6.17. The summed E-state index contributed by atoms with van der Waals surface area (Å²) in [6.07, 6.45) is 0. The van der Waals surface area contributed by atoms with Gasteiger partial charge < -0.3 is 0 Å². The van der Waals surface area contributed by atoms with Crippen molar-refractivity contribution in [2.75, 3.05) is 18.0 Å². The molecule has 0 aliphatic carbocycles. The normalized spacial score (nSPS) is 13.7. The van der Waals surface area contributed by atoms with E-state index in [1.807, 2.05) is 0 Å². The minimum Gasteiger partial charge on any atom is -0.290 e. The highest BCUT2D eigenvalue weighted by atomic mass is 35.5. The lowest BCUT2D eigenvalue weighted by atomic mass is 10.1. The summed E-state index contributed by atoms with van der Waals surface area (Å²) >= 11 is 7.53. The second-order valence-corrected chi connectivity index (χ2v) is 5.94. The van der Waals surface area contributed by atoms with Crippen molar-refractivity contribution in [2.24, 2.45) is 0 Å². The number of Topliss-reactive ketones (excluding diaryl/α,β-unsaturated/α-hetero) is 1. The molecule has 1 aliphatic rings. The Bertz CT molecular complexity index is 621. The minimum absolute atomic E-state index is 0.135. The molecule has 0 atom stereocenters. The van der Waals surface area contributed by atoms with Gasteiger partial charge in [0.15, 0.2) is 0 Å². The molecule has 0 bridgehead atoms. The number of hydrogen-bond acceptors (Lipinski definition) is 3. The highest BCUT2D eigenvalue weighted by Gasteiger charge is 2.32. The van der Waals surface area contributed by atoms with Crippen LogP contribution in [0.25, 0.3) is 0 Å². The molecule has 1 aromatic carbocycles. The molecule has 98 valence electrons. The number of halogens is 1. The molecule has 0 spiro atoms. The minimum atomic E-state index is 0.135. The Labute approximate surface area is 121 Å². The molecule has 2 aromatic rings. The Kier molecular flexibility index (Phi) is 3.29. The quantitative estimate of drug-likeness (QED) is 0.642. The summed E-state index contributed by atoms with van der Waals surface area (Å²) in [6, 6.07) is 7.09. The Balaban J connectivity index is 1.76. The van der Waals surface area contributed by atoms with E-state index < -0.39 is 0 Å². The summed E-state index contributed by atoms with van der Waals surface area (Å²) in [6.45, 7) is 4.41. The fourth-order valence-corrected chi connectivity index (χ4v) is 3.49. The maximum atomic E-state index is 12.2. The van der Waals surface area contributed by atoms with Crippen molar-refractivity contribution in [2.45, 2.75) is 13.5 Å². The van der Waals surface area contributed by atoms with Crippen LogP contribution in [0.4, 0.5) is 5.13 Å². The van der Waals surface area contributed by atoms with E-state index in [0.29, 0.717) is 11.6 Å². The van der Waals surface area contributed by atoms with Gasteiger partial charge >= 0.3 is 5.13 Å². The van der Waals surface area contributed by atoms with E-state index >= 15 is 0 Å². The van der Waals surface area contributed by atoms with E-state index in [2.05, 4.69) is 21.8 Å². The number of carbonyl (C=O) groups excluding carboxylic acids is 1. The largest absolute Gasteiger partial charge is 0.336 e. The molecule has 3 rings (SSSR count). The Morgan fingerprint density at radius 1 is 1.42 bits per heavy atom. The van der Waals surface area contributed by atoms with Gasteiger partial charge in [0.2, 0.25) is 5.78 Å². The number of benzene rings is 1. The Morgan fingerprint density at radius 3 is 2.89 bits per heavy atom. The summed E-state index contributed by atoms with van der Waals surface area (Å²) < 4.78 is 2.26. The number of thiazole rings is 1. The zero-order valence-electron chi connectivity index (χ0n) is 10.6. The predicted octanol–water partition coefficient (Wildman–Crippen LogP) is 2.70. The van der Waals surface area contributed by atoms with Crippen LogP contribution in [-0.2, 0) is 6.54 Å². The van der Waals surface area contributed by atoms with E-state index in [0.717, 1.165) is 18.7 Å². The molecule has 0 saturated carbocycles. The molecule has 0 unspecified atom stereocenters. The van der Waals surface area contributed by atoms with Crippen molar-refractivity contribution >= 4 is 33.9 Å². The SMILES string of the molecule is Cc1csc2[n+]1CCN2CC(=O)c1ccc(Cl)cc1. The van der Waals surface area contributed by atoms with Gasteiger partial charge in [-0.05, 0) is 31.2 Å². The van der Waals surface area contributed by atoms with Crippen LogP contribution in [0.15, 0.2) is 29.6 Å². The highest BCUT2D eigenvalue weighted by molar-refractivity contribution is 7.13. The van der Waals surface area contributed by atoms with Gasteiger partial charge in [0.05, 0.1) is 0 Å². The number of nitrogens with zero attached hydrogens (tertiary/aromatic N) is 2. The van der Waals surface area contributed by atoms with Gasteiger partial charge in [-0.15, -0.1) is 0 Å². The van der Waals surface area contributed by atoms with E-state index in [4.69, 9.17) is 11.6 Å². The molecule has 2 heterocycles. The Hall–Kier alpha value is -1.39. The number of ketones is 1. The molecule has 1 aromatic heterocycles. The molecule has 0 saturated heterocycles. The van der Waals surface area contributed by atoms with E-state index in [-0.39, 0.29) is 5.78 Å². The summed E-state index contributed by atoms with van der Waals surface area (Å²) in [7, 11) is 0. The standard InChI is InChI=1S/C14H14ClN2OS/c1-10-9-19-14-16(6-7-17(10)14)8-13(18)11-2-4-12(15)5-3-11/h2-5,9H,6-8H2,1H3/q+1. The fraction of sp³-hybridized carbons (Fsp3) is 0.286. The third-order valence-electron chi connectivity index (χ3n) is 3.36. The van der Waals surface area contributed by atoms with E-state index in [1.165, 1.54) is 10.8 Å². The first-order valence-corrected chi connectivity index (χ1v) is 7.42. The molecule has 0 fully saturated rings. The van der Waals surface area contributed by atoms with Crippen LogP contribution in [0.3, 0.4) is 0 Å². The van der Waals surface area contributed by atoms with Gasteiger partial charge in [-0.1, -0.05) is 22.9 Å². The van der Waals surface area contributed by atoms with Gasteiger partial charge in [0.1, 0.15) is 25.3 Å². The Morgan fingerprint density at radius 2 is 2.16 bits per heavy atom. The summed E-state index contributed by atoms with van der Waals surface area (Å²) in [5.41, 5.74) is 1.98. The van der Waals surface area contributed by atoms with Crippen LogP contribution in [-0.4, -0.2) is 18.9 Å². The second-order valence-electron chi connectivity index (χ2n) is 4.66. The lowest BCUT2D eigenvalue weighted by Gasteiger charge is -2.07. The summed E-state index contributed by atoms with van der Waals surface area (Å²) in [5.74, 6) is 0.135. The van der Waals surface area contributed by atoms with Gasteiger partial charge in [-0.2, -0.15) is 0 Å².